The Morgan fingerprint density at radius 1 is 1.09 bits per heavy atom. The summed E-state index contributed by atoms with van der Waals surface area (Å²) in [4.78, 5) is 31.4. The Hall–Kier alpha value is -3.24. The van der Waals surface area contributed by atoms with Gasteiger partial charge in [-0.25, -0.2) is 17.7 Å². The number of carbonyl (C=O) groups is 2. The van der Waals surface area contributed by atoms with Gasteiger partial charge in [0.05, 0.1) is 30.1 Å². The summed E-state index contributed by atoms with van der Waals surface area (Å²) in [5, 5.41) is 27.5. The molecule has 2 saturated carbocycles. The molecule has 0 radical (unpaired) electrons. The molecule has 11 nitrogen and oxygen atoms in total. The SMILES string of the molecule is C#CCC(NC(=O)C(Cc1ccccc1)CS(=O)(=O)N(C)CCn1ccnc1)C(=O)N[C@@H](CC1CCCCC1)[C@@H](O)[C@@H](O)C1CC1. The lowest BCUT2D eigenvalue weighted by atomic mass is 9.82. The number of rotatable bonds is 18. The summed E-state index contributed by atoms with van der Waals surface area (Å²) in [5.41, 5.74) is 0.779. The third-order valence-corrected chi connectivity index (χ3v) is 11.2. The molecule has 2 amide bonds. The van der Waals surface area contributed by atoms with E-state index in [9.17, 15) is 28.2 Å². The molecular formula is C34H49N5O6S. The molecule has 0 spiro atoms. The van der Waals surface area contributed by atoms with Crippen molar-refractivity contribution in [2.45, 2.75) is 95.0 Å². The summed E-state index contributed by atoms with van der Waals surface area (Å²) in [6, 6.07) is 7.28. The van der Waals surface area contributed by atoms with Crippen molar-refractivity contribution in [3.63, 3.8) is 0 Å². The van der Waals surface area contributed by atoms with E-state index in [1.54, 1.807) is 23.3 Å². The Bertz CT molecular complexity index is 1390. The van der Waals surface area contributed by atoms with Crippen LogP contribution in [-0.2, 0) is 32.6 Å². The third-order valence-electron chi connectivity index (χ3n) is 9.28. The van der Waals surface area contributed by atoms with Crippen LogP contribution in [0.2, 0.25) is 0 Å². The standard InChI is InChI=1S/C34H49N5O6S/c1-3-10-29(34(43)37-30(22-26-13-8-5-9-14-26)32(41)31(40)27-15-16-27)36-33(42)28(21-25-11-6-4-7-12-25)23-46(44,45)38(2)19-20-39-18-17-35-24-39/h1,4,6-7,11-12,17-18,24,26-32,40-41H,5,8-10,13-16,19-23H2,2H3,(H,36,42)(H,37,43)/t28?,29?,30-,31-,32+/m0/s1. The predicted octanol–water partition coefficient (Wildman–Crippen LogP) is 2.10. The normalized spacial score (nSPS) is 19.0. The van der Waals surface area contributed by atoms with Gasteiger partial charge in [0.2, 0.25) is 21.8 Å². The molecule has 2 aromatic rings. The first-order valence-corrected chi connectivity index (χ1v) is 18.0. The van der Waals surface area contributed by atoms with Crippen molar-refractivity contribution >= 4 is 21.8 Å². The van der Waals surface area contributed by atoms with Gasteiger partial charge in [0, 0.05) is 39.0 Å². The highest BCUT2D eigenvalue weighted by Crippen LogP contribution is 2.36. The number of sulfonamides is 1. The van der Waals surface area contributed by atoms with Crippen LogP contribution in [0.3, 0.4) is 0 Å². The number of amides is 2. The first kappa shape index (κ1) is 35.6. The van der Waals surface area contributed by atoms with Crippen molar-refractivity contribution in [1.29, 1.82) is 0 Å². The van der Waals surface area contributed by atoms with E-state index < -0.39 is 57.8 Å². The van der Waals surface area contributed by atoms with Crippen LogP contribution in [0.4, 0.5) is 0 Å². The van der Waals surface area contributed by atoms with E-state index in [4.69, 9.17) is 6.42 Å². The van der Waals surface area contributed by atoms with E-state index in [1.807, 2.05) is 30.3 Å². The van der Waals surface area contributed by atoms with Gasteiger partial charge in [0.25, 0.3) is 0 Å². The van der Waals surface area contributed by atoms with E-state index in [0.29, 0.717) is 18.9 Å². The number of terminal acetylenes is 1. The number of carbonyl (C=O) groups excluding carboxylic acids is 2. The van der Waals surface area contributed by atoms with E-state index in [2.05, 4.69) is 21.5 Å². The molecule has 2 unspecified atom stereocenters. The van der Waals surface area contributed by atoms with Crippen LogP contribution in [0.1, 0.15) is 63.4 Å². The number of aromatic nitrogens is 2. The molecule has 0 bridgehead atoms. The Morgan fingerprint density at radius 2 is 1.80 bits per heavy atom. The van der Waals surface area contributed by atoms with Gasteiger partial charge < -0.3 is 25.4 Å². The van der Waals surface area contributed by atoms with Gasteiger partial charge in [0.1, 0.15) is 12.1 Å². The molecule has 4 N–H and O–H groups in total. The lowest BCUT2D eigenvalue weighted by molar-refractivity contribution is -0.132. The van der Waals surface area contributed by atoms with Crippen molar-refractivity contribution in [3.05, 3.63) is 54.6 Å². The molecule has 4 rings (SSSR count). The summed E-state index contributed by atoms with van der Waals surface area (Å²) >= 11 is 0. The minimum absolute atomic E-state index is 0.0146. The highest BCUT2D eigenvalue weighted by molar-refractivity contribution is 7.89. The smallest absolute Gasteiger partial charge is 0.243 e. The number of likely N-dealkylation sites (N-methyl/N-ethyl adjacent to an activating group) is 1. The Labute approximate surface area is 273 Å². The number of aliphatic hydroxyl groups excluding tert-OH is 2. The lowest BCUT2D eigenvalue weighted by Crippen LogP contribution is -2.56. The molecule has 1 aromatic heterocycles. The monoisotopic (exact) mass is 655 g/mol. The number of hydrogen-bond acceptors (Lipinski definition) is 7. The van der Waals surface area contributed by atoms with E-state index in [-0.39, 0.29) is 25.3 Å². The Morgan fingerprint density at radius 3 is 2.43 bits per heavy atom. The molecule has 12 heteroatoms. The van der Waals surface area contributed by atoms with E-state index >= 15 is 0 Å². The van der Waals surface area contributed by atoms with Crippen LogP contribution in [0.5, 0.6) is 0 Å². The quantitative estimate of drug-likeness (QED) is 0.180. The molecule has 1 heterocycles. The fourth-order valence-electron chi connectivity index (χ4n) is 6.24. The van der Waals surface area contributed by atoms with E-state index in [1.165, 1.54) is 11.4 Å². The second-order valence-corrected chi connectivity index (χ2v) is 15.1. The zero-order valence-corrected chi connectivity index (χ0v) is 27.5. The Balaban J connectivity index is 1.47. The summed E-state index contributed by atoms with van der Waals surface area (Å²) in [6.07, 6.45) is 16.0. The molecule has 0 aliphatic heterocycles. The van der Waals surface area contributed by atoms with Crippen molar-refractivity contribution in [2.24, 2.45) is 17.8 Å². The highest BCUT2D eigenvalue weighted by atomic mass is 32.2. The molecule has 46 heavy (non-hydrogen) atoms. The van der Waals surface area contributed by atoms with Crippen molar-refractivity contribution in [1.82, 2.24) is 24.5 Å². The second kappa shape index (κ2) is 17.1. The van der Waals surface area contributed by atoms with Gasteiger partial charge in [-0.2, -0.15) is 0 Å². The molecule has 2 fully saturated rings. The number of benzene rings is 1. The topological polar surface area (TPSA) is 154 Å². The average molecular weight is 656 g/mol. The first-order chi connectivity index (χ1) is 22.1. The number of nitrogens with one attached hydrogen (secondary N) is 2. The zero-order valence-electron chi connectivity index (χ0n) is 26.7. The molecule has 2 aliphatic rings. The van der Waals surface area contributed by atoms with Crippen LogP contribution >= 0.6 is 0 Å². The summed E-state index contributed by atoms with van der Waals surface area (Å²) < 4.78 is 29.9. The van der Waals surface area contributed by atoms with Crippen molar-refractivity contribution in [3.8, 4) is 12.3 Å². The van der Waals surface area contributed by atoms with Crippen molar-refractivity contribution < 1.29 is 28.2 Å². The Kier molecular flexibility index (Phi) is 13.2. The summed E-state index contributed by atoms with van der Waals surface area (Å²) in [7, 11) is -2.39. The van der Waals surface area contributed by atoms with Gasteiger partial charge in [0.15, 0.2) is 0 Å². The largest absolute Gasteiger partial charge is 0.390 e. The number of imidazole rings is 1. The maximum atomic E-state index is 13.8. The highest BCUT2D eigenvalue weighted by Gasteiger charge is 2.40. The van der Waals surface area contributed by atoms with Crippen LogP contribution in [0.15, 0.2) is 49.1 Å². The van der Waals surface area contributed by atoms with Gasteiger partial charge in [-0.3, -0.25) is 9.59 Å². The molecule has 5 atom stereocenters. The zero-order chi connectivity index (χ0) is 33.1. The first-order valence-electron chi connectivity index (χ1n) is 16.4. The molecule has 252 valence electrons. The fourth-order valence-corrected chi connectivity index (χ4v) is 7.63. The van der Waals surface area contributed by atoms with Crippen LogP contribution in [0, 0.1) is 30.1 Å². The van der Waals surface area contributed by atoms with Crippen LogP contribution in [-0.4, -0.2) is 87.9 Å². The van der Waals surface area contributed by atoms with Crippen molar-refractivity contribution in [2.75, 3.05) is 19.3 Å². The van der Waals surface area contributed by atoms with Crippen LogP contribution < -0.4 is 10.6 Å². The molecule has 0 saturated heterocycles. The lowest BCUT2D eigenvalue weighted by Gasteiger charge is -2.33. The van der Waals surface area contributed by atoms with Gasteiger partial charge in [-0.05, 0) is 43.1 Å². The maximum Gasteiger partial charge on any atom is 0.243 e. The fraction of sp³-hybridized carbons (Fsp3) is 0.618. The van der Waals surface area contributed by atoms with E-state index in [0.717, 1.165) is 50.5 Å². The second-order valence-electron chi connectivity index (χ2n) is 12.9. The molecular weight excluding hydrogens is 606 g/mol. The average Bonchev–Trinajstić information content (AvgIpc) is 3.77. The number of aliphatic hydroxyl groups is 2. The van der Waals surface area contributed by atoms with Gasteiger partial charge >= 0.3 is 0 Å². The summed E-state index contributed by atoms with van der Waals surface area (Å²) in [5.74, 6) is 0.147. The third kappa shape index (κ3) is 10.7. The number of hydrogen-bond donors (Lipinski definition) is 4. The van der Waals surface area contributed by atoms with Gasteiger partial charge in [-0.15, -0.1) is 12.3 Å². The number of nitrogens with zero attached hydrogens (tertiary/aromatic N) is 3. The van der Waals surface area contributed by atoms with Gasteiger partial charge in [-0.1, -0.05) is 62.4 Å². The molecule has 2 aliphatic carbocycles. The summed E-state index contributed by atoms with van der Waals surface area (Å²) in [6.45, 7) is 0.594. The minimum atomic E-state index is -3.87. The van der Waals surface area contributed by atoms with Crippen LogP contribution in [0.25, 0.3) is 0 Å². The minimum Gasteiger partial charge on any atom is -0.390 e. The predicted molar refractivity (Wildman–Crippen MR) is 176 cm³/mol. The molecule has 1 aromatic carbocycles. The maximum absolute atomic E-state index is 13.8.